The second kappa shape index (κ2) is 4.14. The third-order valence-corrected chi connectivity index (χ3v) is 3.70. The van der Waals surface area contributed by atoms with Crippen LogP contribution in [0.2, 0.25) is 0 Å². The van der Waals surface area contributed by atoms with Crippen molar-refractivity contribution in [2.75, 3.05) is 20.7 Å². The van der Waals surface area contributed by atoms with E-state index in [9.17, 15) is 4.79 Å². The van der Waals surface area contributed by atoms with Gasteiger partial charge in [0.05, 0.1) is 7.11 Å². The Balaban J connectivity index is 2.19. The van der Waals surface area contributed by atoms with Gasteiger partial charge in [0, 0.05) is 23.1 Å². The molecule has 0 aliphatic carbocycles. The van der Waals surface area contributed by atoms with Crippen molar-refractivity contribution >= 4 is 16.9 Å². The quantitative estimate of drug-likeness (QED) is 0.779. The number of aromatic amines is 1. The molecule has 2 aromatic rings. The molecule has 4 nitrogen and oxygen atoms in total. The molecule has 0 spiro atoms. The first kappa shape index (κ1) is 11.3. The van der Waals surface area contributed by atoms with Crippen molar-refractivity contribution in [3.05, 3.63) is 35.5 Å². The van der Waals surface area contributed by atoms with E-state index in [0.717, 1.165) is 24.2 Å². The van der Waals surface area contributed by atoms with E-state index >= 15 is 0 Å². The number of hydrogen-bond donors (Lipinski definition) is 1. The number of nitrogens with zero attached hydrogens (tertiary/aromatic N) is 1. The van der Waals surface area contributed by atoms with Crippen LogP contribution in [0.1, 0.15) is 17.3 Å². The number of ether oxygens (including phenoxy) is 1. The number of likely N-dealkylation sites (N-methyl/N-ethyl adjacent to an activating group) is 1. The van der Waals surface area contributed by atoms with Crippen LogP contribution in [-0.2, 0) is 16.0 Å². The minimum absolute atomic E-state index is 0.204. The highest BCUT2D eigenvalue weighted by atomic mass is 16.5. The summed E-state index contributed by atoms with van der Waals surface area (Å²) in [7, 11) is 3.39. The third kappa shape index (κ3) is 1.53. The minimum Gasteiger partial charge on any atom is -0.468 e. The lowest BCUT2D eigenvalue weighted by Gasteiger charge is -2.30. The zero-order valence-electron chi connectivity index (χ0n) is 10.6. The third-order valence-electron chi connectivity index (χ3n) is 3.70. The van der Waals surface area contributed by atoms with Gasteiger partial charge in [0.2, 0.25) is 0 Å². The molecule has 0 fully saturated rings. The summed E-state index contributed by atoms with van der Waals surface area (Å²) in [6, 6.07) is 7.86. The van der Waals surface area contributed by atoms with Crippen molar-refractivity contribution in [2.45, 2.75) is 12.5 Å². The van der Waals surface area contributed by atoms with E-state index in [0.29, 0.717) is 0 Å². The first-order valence-electron chi connectivity index (χ1n) is 6.10. The summed E-state index contributed by atoms with van der Waals surface area (Å²) in [6.45, 7) is 0.870. The maximum absolute atomic E-state index is 11.9. The topological polar surface area (TPSA) is 45.3 Å². The second-order valence-corrected chi connectivity index (χ2v) is 4.72. The lowest BCUT2D eigenvalue weighted by Crippen LogP contribution is -2.37. The van der Waals surface area contributed by atoms with E-state index in [-0.39, 0.29) is 12.0 Å². The number of hydrogen-bond acceptors (Lipinski definition) is 3. The Morgan fingerprint density at radius 2 is 2.22 bits per heavy atom. The average Bonchev–Trinajstić information content (AvgIpc) is 2.76. The monoisotopic (exact) mass is 244 g/mol. The second-order valence-electron chi connectivity index (χ2n) is 4.72. The van der Waals surface area contributed by atoms with E-state index in [2.05, 4.69) is 11.1 Å². The van der Waals surface area contributed by atoms with Gasteiger partial charge >= 0.3 is 5.97 Å². The summed E-state index contributed by atoms with van der Waals surface area (Å²) in [4.78, 5) is 17.3. The van der Waals surface area contributed by atoms with Crippen LogP contribution in [0.15, 0.2) is 24.3 Å². The van der Waals surface area contributed by atoms with E-state index in [1.165, 1.54) is 18.1 Å². The van der Waals surface area contributed by atoms with Crippen LogP contribution in [0.3, 0.4) is 0 Å². The largest absolute Gasteiger partial charge is 0.468 e. The van der Waals surface area contributed by atoms with Crippen LogP contribution in [-0.4, -0.2) is 36.6 Å². The van der Waals surface area contributed by atoms with Gasteiger partial charge in [-0.1, -0.05) is 18.2 Å². The van der Waals surface area contributed by atoms with Gasteiger partial charge in [0.25, 0.3) is 0 Å². The molecule has 1 aliphatic rings. The Bertz CT molecular complexity index is 603. The molecule has 2 heterocycles. The molecule has 1 aromatic heterocycles. The summed E-state index contributed by atoms with van der Waals surface area (Å²) < 4.78 is 4.91. The van der Waals surface area contributed by atoms with Crippen LogP contribution in [0.4, 0.5) is 0 Å². The van der Waals surface area contributed by atoms with Crippen molar-refractivity contribution in [3.8, 4) is 0 Å². The van der Waals surface area contributed by atoms with Gasteiger partial charge in [-0.15, -0.1) is 0 Å². The highest BCUT2D eigenvalue weighted by molar-refractivity contribution is 5.88. The lowest BCUT2D eigenvalue weighted by atomic mass is 9.98. The van der Waals surface area contributed by atoms with Crippen molar-refractivity contribution < 1.29 is 9.53 Å². The van der Waals surface area contributed by atoms with Crippen molar-refractivity contribution in [3.63, 3.8) is 0 Å². The molecule has 1 unspecified atom stereocenters. The van der Waals surface area contributed by atoms with Crippen LogP contribution in [0.5, 0.6) is 0 Å². The molecule has 1 aromatic carbocycles. The fourth-order valence-corrected chi connectivity index (χ4v) is 2.77. The molecule has 0 amide bonds. The average molecular weight is 244 g/mol. The molecule has 1 atom stereocenters. The number of fused-ring (bicyclic) bond motifs is 3. The Morgan fingerprint density at radius 3 is 3.00 bits per heavy atom. The first-order chi connectivity index (χ1) is 8.72. The number of aromatic nitrogens is 1. The standard InChI is InChI=1S/C14H16N2O2/c1-16-8-7-10-9-5-3-4-6-11(9)15-12(10)13(16)14(17)18-2/h3-6,13,15H,7-8H2,1-2H3. The molecule has 0 saturated heterocycles. The number of benzene rings is 1. The number of carbonyl (C=O) groups excluding carboxylic acids is 1. The Hall–Kier alpha value is -1.81. The number of rotatable bonds is 1. The highest BCUT2D eigenvalue weighted by Gasteiger charge is 2.33. The van der Waals surface area contributed by atoms with Gasteiger partial charge in [0.15, 0.2) is 0 Å². The van der Waals surface area contributed by atoms with E-state index in [4.69, 9.17) is 4.74 Å². The lowest BCUT2D eigenvalue weighted by molar-refractivity contribution is -0.147. The summed E-state index contributed by atoms with van der Waals surface area (Å²) >= 11 is 0. The normalized spacial score (nSPS) is 19.8. The summed E-state index contributed by atoms with van der Waals surface area (Å²) in [6.07, 6.45) is 0.962. The molecule has 18 heavy (non-hydrogen) atoms. The fraction of sp³-hybridized carbons (Fsp3) is 0.357. The summed E-state index contributed by atoms with van der Waals surface area (Å²) in [5, 5.41) is 1.22. The number of nitrogens with one attached hydrogen (secondary N) is 1. The Morgan fingerprint density at radius 1 is 1.44 bits per heavy atom. The van der Waals surface area contributed by atoms with Crippen molar-refractivity contribution in [2.24, 2.45) is 0 Å². The van der Waals surface area contributed by atoms with E-state index < -0.39 is 0 Å². The predicted molar refractivity (Wildman–Crippen MR) is 69.4 cm³/mol. The Kier molecular flexibility index (Phi) is 2.59. The predicted octanol–water partition coefficient (Wildman–Crippen LogP) is 1.87. The molecule has 1 aliphatic heterocycles. The molecule has 1 N–H and O–H groups in total. The van der Waals surface area contributed by atoms with Gasteiger partial charge in [-0.2, -0.15) is 0 Å². The van der Waals surface area contributed by atoms with Gasteiger partial charge in [0.1, 0.15) is 6.04 Å². The zero-order chi connectivity index (χ0) is 12.7. The highest BCUT2D eigenvalue weighted by Crippen LogP contribution is 2.34. The van der Waals surface area contributed by atoms with Gasteiger partial charge in [-0.3, -0.25) is 4.90 Å². The molecular formula is C14H16N2O2. The summed E-state index contributed by atoms with van der Waals surface area (Å²) in [5.41, 5.74) is 3.32. The molecule has 4 heteroatoms. The molecule has 0 bridgehead atoms. The molecule has 0 radical (unpaired) electrons. The first-order valence-corrected chi connectivity index (χ1v) is 6.10. The van der Waals surface area contributed by atoms with Crippen molar-refractivity contribution in [1.82, 2.24) is 9.88 Å². The van der Waals surface area contributed by atoms with Gasteiger partial charge in [-0.05, 0) is 25.1 Å². The number of carbonyl (C=O) groups is 1. The van der Waals surface area contributed by atoms with Gasteiger partial charge < -0.3 is 9.72 Å². The SMILES string of the molecule is COC(=O)C1c2[nH]c3ccccc3c2CCN1C. The van der Waals surface area contributed by atoms with E-state index in [1.54, 1.807) is 0 Å². The molecule has 3 rings (SSSR count). The minimum atomic E-state index is -0.314. The Labute approximate surface area is 106 Å². The van der Waals surface area contributed by atoms with Gasteiger partial charge in [-0.25, -0.2) is 4.79 Å². The number of para-hydroxylation sites is 1. The maximum Gasteiger partial charge on any atom is 0.329 e. The number of methoxy groups -OCH3 is 1. The molecular weight excluding hydrogens is 228 g/mol. The molecule has 94 valence electrons. The number of esters is 1. The van der Waals surface area contributed by atoms with Crippen LogP contribution < -0.4 is 0 Å². The van der Waals surface area contributed by atoms with E-state index in [1.807, 2.05) is 30.1 Å². The zero-order valence-corrected chi connectivity index (χ0v) is 10.6. The van der Waals surface area contributed by atoms with Crippen LogP contribution in [0.25, 0.3) is 10.9 Å². The van der Waals surface area contributed by atoms with Crippen LogP contribution >= 0.6 is 0 Å². The smallest absolute Gasteiger partial charge is 0.329 e. The molecule has 0 saturated carbocycles. The van der Waals surface area contributed by atoms with Crippen molar-refractivity contribution in [1.29, 1.82) is 0 Å². The van der Waals surface area contributed by atoms with Crippen LogP contribution in [0, 0.1) is 0 Å². The summed E-state index contributed by atoms with van der Waals surface area (Å²) in [5.74, 6) is -0.204. The fourth-order valence-electron chi connectivity index (χ4n) is 2.77. The number of H-pyrrole nitrogens is 1. The maximum atomic E-state index is 11.9.